The first-order chi connectivity index (χ1) is 12.0. The molecule has 1 amide bonds. The summed E-state index contributed by atoms with van der Waals surface area (Å²) in [5, 5.41) is 0.515. The average molecular weight is 338 g/mol. The molecule has 1 unspecified atom stereocenters. The first-order valence-electron chi connectivity index (χ1n) is 7.89. The molecule has 3 rings (SSSR count). The summed E-state index contributed by atoms with van der Waals surface area (Å²) >= 11 is 0. The molecule has 1 atom stereocenters. The van der Waals surface area contributed by atoms with Gasteiger partial charge < -0.3 is 15.6 Å². The number of amides is 1. The van der Waals surface area contributed by atoms with Crippen LogP contribution in [0.4, 0.5) is 10.2 Å². The number of nitrogens with two attached hydrogens (primary N) is 1. The Bertz CT molecular complexity index is 930. The molecule has 0 bridgehead atoms. The first kappa shape index (κ1) is 16.7. The van der Waals surface area contributed by atoms with Gasteiger partial charge in [-0.25, -0.2) is 9.37 Å². The van der Waals surface area contributed by atoms with Gasteiger partial charge in [0.25, 0.3) is 0 Å². The number of fused-ring (bicyclic) bond motifs is 1. The van der Waals surface area contributed by atoms with Crippen molar-refractivity contribution in [1.82, 2.24) is 14.9 Å². The number of H-pyrrole nitrogens is 1. The minimum absolute atomic E-state index is 0.185. The van der Waals surface area contributed by atoms with Gasteiger partial charge in [-0.1, -0.05) is 6.07 Å². The highest BCUT2D eigenvalue weighted by atomic mass is 19.1. The highest BCUT2D eigenvalue weighted by Gasteiger charge is 2.20. The summed E-state index contributed by atoms with van der Waals surface area (Å²) in [6.07, 6.45) is 6.48. The van der Waals surface area contributed by atoms with E-state index in [-0.39, 0.29) is 17.8 Å². The van der Waals surface area contributed by atoms with Gasteiger partial charge >= 0.3 is 0 Å². The van der Waals surface area contributed by atoms with E-state index in [1.54, 1.807) is 48.6 Å². The van der Waals surface area contributed by atoms with Crippen molar-refractivity contribution >= 4 is 28.7 Å². The Kier molecular flexibility index (Phi) is 4.52. The third kappa shape index (κ3) is 3.38. The Morgan fingerprint density at radius 3 is 2.88 bits per heavy atom. The number of aromatic nitrogens is 2. The van der Waals surface area contributed by atoms with Crippen LogP contribution in [0.5, 0.6) is 0 Å². The van der Waals surface area contributed by atoms with E-state index in [1.807, 2.05) is 13.0 Å². The van der Waals surface area contributed by atoms with Gasteiger partial charge in [0.15, 0.2) is 0 Å². The lowest BCUT2D eigenvalue weighted by molar-refractivity contribution is -0.126. The summed E-state index contributed by atoms with van der Waals surface area (Å²) in [5.41, 5.74) is 7.77. The number of anilines is 1. The molecule has 2 aromatic heterocycles. The van der Waals surface area contributed by atoms with Crippen LogP contribution in [0, 0.1) is 5.82 Å². The number of aromatic amines is 1. The molecular weight excluding hydrogens is 319 g/mol. The second-order valence-electron chi connectivity index (χ2n) is 5.88. The van der Waals surface area contributed by atoms with Crippen molar-refractivity contribution in [3.63, 3.8) is 0 Å². The minimum atomic E-state index is -0.301. The third-order valence-electron chi connectivity index (χ3n) is 4.29. The lowest BCUT2D eigenvalue weighted by Crippen LogP contribution is -2.27. The van der Waals surface area contributed by atoms with Gasteiger partial charge in [-0.3, -0.25) is 4.79 Å². The summed E-state index contributed by atoms with van der Waals surface area (Å²) in [6, 6.07) is 8.05. The summed E-state index contributed by atoms with van der Waals surface area (Å²) < 4.78 is 14.2. The van der Waals surface area contributed by atoms with Gasteiger partial charge in [-0.2, -0.15) is 0 Å². The number of nitrogens with one attached hydrogen (secondary N) is 1. The molecule has 0 saturated heterocycles. The van der Waals surface area contributed by atoms with Crippen molar-refractivity contribution in [2.45, 2.75) is 13.0 Å². The lowest BCUT2D eigenvalue weighted by Gasteiger charge is -2.23. The normalized spacial score (nSPS) is 12.6. The van der Waals surface area contributed by atoms with Crippen LogP contribution in [0.3, 0.4) is 0 Å². The molecule has 3 aromatic rings. The Hall–Kier alpha value is -3.15. The van der Waals surface area contributed by atoms with E-state index in [9.17, 15) is 9.18 Å². The number of halogens is 1. The number of nitrogens with zero attached hydrogens (tertiary/aromatic N) is 2. The summed E-state index contributed by atoms with van der Waals surface area (Å²) in [5.74, 6) is -0.0597. The first-order valence-corrected chi connectivity index (χ1v) is 7.89. The second kappa shape index (κ2) is 6.76. The molecular formula is C19H19FN4O. The molecule has 128 valence electrons. The Morgan fingerprint density at radius 1 is 1.36 bits per heavy atom. The molecule has 0 radical (unpaired) electrons. The second-order valence-corrected chi connectivity index (χ2v) is 5.88. The maximum atomic E-state index is 14.2. The maximum Gasteiger partial charge on any atom is 0.246 e. The Morgan fingerprint density at radius 2 is 2.16 bits per heavy atom. The summed E-state index contributed by atoms with van der Waals surface area (Å²) in [7, 11) is 1.69. The number of carbonyl (C=O) groups excluding carboxylic acids is 1. The predicted octanol–water partition coefficient (Wildman–Crippen LogP) is 3.52. The van der Waals surface area contributed by atoms with Crippen molar-refractivity contribution in [1.29, 1.82) is 0 Å². The zero-order valence-corrected chi connectivity index (χ0v) is 14.0. The number of benzene rings is 1. The van der Waals surface area contributed by atoms with Gasteiger partial charge in [0.2, 0.25) is 5.91 Å². The number of rotatable bonds is 4. The van der Waals surface area contributed by atoms with E-state index < -0.39 is 0 Å². The van der Waals surface area contributed by atoms with Crippen LogP contribution in [0.1, 0.15) is 24.1 Å². The molecule has 3 N–H and O–H groups in total. The fraction of sp³-hybridized carbons (Fsp3) is 0.158. The van der Waals surface area contributed by atoms with Gasteiger partial charge in [-0.15, -0.1) is 0 Å². The monoisotopic (exact) mass is 338 g/mol. The van der Waals surface area contributed by atoms with Gasteiger partial charge in [-0.05, 0) is 42.8 Å². The number of nitrogen functional groups attached to an aromatic ring is 1. The highest BCUT2D eigenvalue weighted by molar-refractivity contribution is 5.92. The van der Waals surface area contributed by atoms with Gasteiger partial charge in [0.05, 0.1) is 6.04 Å². The van der Waals surface area contributed by atoms with Crippen LogP contribution in [0.25, 0.3) is 17.0 Å². The maximum absolute atomic E-state index is 14.2. The third-order valence-corrected chi connectivity index (χ3v) is 4.29. The van der Waals surface area contributed by atoms with E-state index in [1.165, 1.54) is 12.1 Å². The van der Waals surface area contributed by atoms with E-state index in [0.29, 0.717) is 16.7 Å². The van der Waals surface area contributed by atoms with Gasteiger partial charge in [0.1, 0.15) is 11.6 Å². The molecule has 0 fully saturated rings. The summed E-state index contributed by atoms with van der Waals surface area (Å²) in [4.78, 5) is 21.0. The van der Waals surface area contributed by atoms with E-state index in [4.69, 9.17) is 5.73 Å². The zero-order chi connectivity index (χ0) is 18.0. The number of carbonyl (C=O) groups is 1. The van der Waals surface area contributed by atoms with Crippen LogP contribution in [-0.2, 0) is 4.79 Å². The summed E-state index contributed by atoms with van der Waals surface area (Å²) in [6.45, 7) is 1.87. The Balaban J connectivity index is 1.80. The largest absolute Gasteiger partial charge is 0.384 e. The predicted molar refractivity (Wildman–Crippen MR) is 97.1 cm³/mol. The number of hydrogen-bond acceptors (Lipinski definition) is 3. The quantitative estimate of drug-likeness (QED) is 0.715. The van der Waals surface area contributed by atoms with Crippen LogP contribution >= 0.6 is 0 Å². The highest BCUT2D eigenvalue weighted by Crippen LogP contribution is 2.29. The minimum Gasteiger partial charge on any atom is -0.384 e. The molecule has 0 aliphatic heterocycles. The number of pyridine rings is 1. The Labute approximate surface area is 145 Å². The van der Waals surface area contributed by atoms with Crippen molar-refractivity contribution in [2.75, 3.05) is 12.8 Å². The van der Waals surface area contributed by atoms with Crippen molar-refractivity contribution < 1.29 is 9.18 Å². The topological polar surface area (TPSA) is 75.0 Å². The van der Waals surface area contributed by atoms with Gasteiger partial charge in [0, 0.05) is 42.0 Å². The zero-order valence-electron chi connectivity index (χ0n) is 14.0. The molecule has 5 nitrogen and oxygen atoms in total. The van der Waals surface area contributed by atoms with Crippen LogP contribution in [0.2, 0.25) is 0 Å². The standard InChI is InChI=1S/C19H19FN4O/c1-12(14-11-22-16-5-3-4-15(20)19(14)16)24(2)18(25)9-7-13-6-8-17(21)23-10-13/h3-12,22H,1-2H3,(H2,21,23)/b9-7+. The van der Waals surface area contributed by atoms with E-state index in [2.05, 4.69) is 9.97 Å². The SMILES string of the molecule is CC(c1c[nH]c2cccc(F)c12)N(C)C(=O)/C=C/c1ccc(N)nc1. The molecule has 25 heavy (non-hydrogen) atoms. The van der Waals surface area contributed by atoms with E-state index in [0.717, 1.165) is 11.1 Å². The molecule has 2 heterocycles. The molecule has 0 aliphatic carbocycles. The molecule has 1 aromatic carbocycles. The fourth-order valence-electron chi connectivity index (χ4n) is 2.69. The van der Waals surface area contributed by atoms with Crippen molar-refractivity contribution in [3.05, 3.63) is 65.7 Å². The van der Waals surface area contributed by atoms with Crippen LogP contribution < -0.4 is 5.73 Å². The van der Waals surface area contributed by atoms with Crippen molar-refractivity contribution in [2.24, 2.45) is 0 Å². The molecule has 0 spiro atoms. The fourth-order valence-corrected chi connectivity index (χ4v) is 2.69. The van der Waals surface area contributed by atoms with Crippen LogP contribution in [-0.4, -0.2) is 27.8 Å². The molecule has 0 aliphatic rings. The average Bonchev–Trinajstić information content (AvgIpc) is 3.05. The molecule has 0 saturated carbocycles. The van der Waals surface area contributed by atoms with Crippen molar-refractivity contribution in [3.8, 4) is 0 Å². The smallest absolute Gasteiger partial charge is 0.246 e. The van der Waals surface area contributed by atoms with Crippen LogP contribution in [0.15, 0.2) is 48.8 Å². The number of hydrogen-bond donors (Lipinski definition) is 2. The lowest BCUT2D eigenvalue weighted by atomic mass is 10.1. The number of likely N-dealkylation sites (N-methyl/N-ethyl adjacent to an activating group) is 1. The molecule has 6 heteroatoms. The van der Waals surface area contributed by atoms with E-state index >= 15 is 0 Å².